The molecule has 1 fully saturated rings. The van der Waals surface area contributed by atoms with Crippen molar-refractivity contribution in [2.45, 2.75) is 6.42 Å². The zero-order chi connectivity index (χ0) is 13.1. The average molecular weight is 254 g/mol. The summed E-state index contributed by atoms with van der Waals surface area (Å²) < 4.78 is 27.0. The summed E-state index contributed by atoms with van der Waals surface area (Å²) in [5.41, 5.74) is -0.442. The van der Waals surface area contributed by atoms with Crippen molar-refractivity contribution in [1.82, 2.24) is 10.2 Å². The molecule has 1 aliphatic heterocycles. The van der Waals surface area contributed by atoms with Crippen molar-refractivity contribution in [1.29, 1.82) is 0 Å². The van der Waals surface area contributed by atoms with Gasteiger partial charge in [0.2, 0.25) is 0 Å². The number of amides is 1. The van der Waals surface area contributed by atoms with Crippen LogP contribution in [0.3, 0.4) is 0 Å². The number of halogens is 2. The van der Waals surface area contributed by atoms with Crippen LogP contribution in [-0.4, -0.2) is 37.5 Å². The summed E-state index contributed by atoms with van der Waals surface area (Å²) in [6.07, 6.45) is 0.864. The van der Waals surface area contributed by atoms with Gasteiger partial charge in [0.15, 0.2) is 0 Å². The number of nitrogens with zero attached hydrogens (tertiary/aromatic N) is 1. The van der Waals surface area contributed by atoms with Crippen LogP contribution in [-0.2, 0) is 0 Å². The maximum Gasteiger partial charge on any atom is 0.259 e. The summed E-state index contributed by atoms with van der Waals surface area (Å²) in [6, 6.07) is 3.48. The first-order valence-electron chi connectivity index (χ1n) is 6.01. The first-order chi connectivity index (χ1) is 8.63. The minimum Gasteiger partial charge on any atom is -0.338 e. The quantitative estimate of drug-likeness (QED) is 0.889. The van der Waals surface area contributed by atoms with Crippen LogP contribution in [0, 0.1) is 17.6 Å². The molecule has 1 amide bonds. The molecule has 1 aromatic carbocycles. The van der Waals surface area contributed by atoms with E-state index in [2.05, 4.69) is 5.32 Å². The highest BCUT2D eigenvalue weighted by Crippen LogP contribution is 2.21. The highest BCUT2D eigenvalue weighted by Gasteiger charge is 2.29. The summed E-state index contributed by atoms with van der Waals surface area (Å²) in [6.45, 7) is 1.91. The maximum absolute atomic E-state index is 13.5. The van der Waals surface area contributed by atoms with E-state index in [0.29, 0.717) is 19.0 Å². The standard InChI is InChI=1S/C13H16F2N2O/c1-16-7-9-5-6-17(8-9)13(18)12-10(14)3-2-4-11(12)15/h2-4,9,16H,5-8H2,1H3/t9-/m0/s1. The van der Waals surface area contributed by atoms with Crippen molar-refractivity contribution >= 4 is 5.91 Å². The lowest BCUT2D eigenvalue weighted by Crippen LogP contribution is -2.31. The van der Waals surface area contributed by atoms with Crippen molar-refractivity contribution in [3.8, 4) is 0 Å². The summed E-state index contributed by atoms with van der Waals surface area (Å²) in [7, 11) is 1.85. The van der Waals surface area contributed by atoms with Crippen molar-refractivity contribution in [2.24, 2.45) is 5.92 Å². The Hall–Kier alpha value is -1.49. The zero-order valence-electron chi connectivity index (χ0n) is 10.2. The Balaban J connectivity index is 2.13. The van der Waals surface area contributed by atoms with Crippen LogP contribution in [0.2, 0.25) is 0 Å². The fraction of sp³-hybridized carbons (Fsp3) is 0.462. The minimum atomic E-state index is -0.794. The predicted octanol–water partition coefficient (Wildman–Crippen LogP) is 1.65. The van der Waals surface area contributed by atoms with Crippen LogP contribution < -0.4 is 5.32 Å². The zero-order valence-corrected chi connectivity index (χ0v) is 10.2. The van der Waals surface area contributed by atoms with Crippen LogP contribution in [0.25, 0.3) is 0 Å². The van der Waals surface area contributed by atoms with Crippen molar-refractivity contribution in [3.63, 3.8) is 0 Å². The van der Waals surface area contributed by atoms with E-state index in [0.717, 1.165) is 25.1 Å². The van der Waals surface area contributed by atoms with E-state index in [-0.39, 0.29) is 0 Å². The van der Waals surface area contributed by atoms with E-state index in [1.165, 1.54) is 11.0 Å². The number of carbonyl (C=O) groups excluding carboxylic acids is 1. The second-order valence-electron chi connectivity index (χ2n) is 4.56. The number of nitrogens with one attached hydrogen (secondary N) is 1. The monoisotopic (exact) mass is 254 g/mol. The van der Waals surface area contributed by atoms with Gasteiger partial charge in [-0.05, 0) is 38.1 Å². The van der Waals surface area contributed by atoms with E-state index in [1.807, 2.05) is 7.05 Å². The third-order valence-electron chi connectivity index (χ3n) is 3.24. The lowest BCUT2D eigenvalue weighted by molar-refractivity contribution is 0.0777. The van der Waals surface area contributed by atoms with E-state index >= 15 is 0 Å². The van der Waals surface area contributed by atoms with Gasteiger partial charge in [-0.2, -0.15) is 0 Å². The molecule has 1 N–H and O–H groups in total. The fourth-order valence-electron chi connectivity index (χ4n) is 2.33. The Morgan fingerprint density at radius 1 is 1.44 bits per heavy atom. The van der Waals surface area contributed by atoms with E-state index < -0.39 is 23.1 Å². The Morgan fingerprint density at radius 2 is 2.11 bits per heavy atom. The van der Waals surface area contributed by atoms with Crippen LogP contribution in [0.4, 0.5) is 8.78 Å². The number of likely N-dealkylation sites (tertiary alicyclic amines) is 1. The molecule has 2 rings (SSSR count). The van der Waals surface area contributed by atoms with E-state index in [1.54, 1.807) is 0 Å². The molecule has 0 unspecified atom stereocenters. The van der Waals surface area contributed by atoms with Gasteiger partial charge in [0.05, 0.1) is 0 Å². The second-order valence-corrected chi connectivity index (χ2v) is 4.56. The molecule has 3 nitrogen and oxygen atoms in total. The molecular formula is C13H16F2N2O. The number of rotatable bonds is 3. The van der Waals surface area contributed by atoms with Gasteiger partial charge in [-0.15, -0.1) is 0 Å². The van der Waals surface area contributed by atoms with Crippen molar-refractivity contribution < 1.29 is 13.6 Å². The van der Waals surface area contributed by atoms with Gasteiger partial charge in [-0.1, -0.05) is 6.07 Å². The Kier molecular flexibility index (Phi) is 3.91. The molecule has 5 heteroatoms. The van der Waals surface area contributed by atoms with E-state index in [4.69, 9.17) is 0 Å². The Bertz CT molecular complexity index is 430. The SMILES string of the molecule is CNC[C@@H]1CCN(C(=O)c2c(F)cccc2F)C1. The molecule has 1 atom stereocenters. The molecule has 18 heavy (non-hydrogen) atoms. The molecule has 0 aromatic heterocycles. The molecule has 1 heterocycles. The van der Waals surface area contributed by atoms with E-state index in [9.17, 15) is 13.6 Å². The summed E-state index contributed by atoms with van der Waals surface area (Å²) in [5.74, 6) is -1.79. The fourth-order valence-corrected chi connectivity index (χ4v) is 2.33. The van der Waals surface area contributed by atoms with Gasteiger partial charge in [0.1, 0.15) is 17.2 Å². The number of hydrogen-bond donors (Lipinski definition) is 1. The van der Waals surface area contributed by atoms with Crippen LogP contribution in [0.1, 0.15) is 16.8 Å². The normalized spacial score (nSPS) is 19.3. The molecule has 0 spiro atoms. The van der Waals surface area contributed by atoms with Crippen LogP contribution >= 0.6 is 0 Å². The first kappa shape index (κ1) is 13.0. The summed E-state index contributed by atoms with van der Waals surface area (Å²) >= 11 is 0. The van der Waals surface area contributed by atoms with Gasteiger partial charge >= 0.3 is 0 Å². The highest BCUT2D eigenvalue weighted by atomic mass is 19.1. The lowest BCUT2D eigenvalue weighted by Gasteiger charge is -2.17. The second kappa shape index (κ2) is 5.44. The molecule has 1 aliphatic rings. The smallest absolute Gasteiger partial charge is 0.259 e. The number of carbonyl (C=O) groups is 1. The molecule has 0 aliphatic carbocycles. The van der Waals surface area contributed by atoms with Crippen LogP contribution in [0.15, 0.2) is 18.2 Å². The average Bonchev–Trinajstić information content (AvgIpc) is 2.78. The summed E-state index contributed by atoms with van der Waals surface area (Å²) in [5, 5.41) is 3.05. The lowest BCUT2D eigenvalue weighted by atomic mass is 10.1. The topological polar surface area (TPSA) is 32.3 Å². The molecule has 0 saturated carbocycles. The minimum absolute atomic E-state index is 0.355. The van der Waals surface area contributed by atoms with Gasteiger partial charge in [0.25, 0.3) is 5.91 Å². The highest BCUT2D eigenvalue weighted by molar-refractivity contribution is 5.94. The Labute approximate surface area is 105 Å². The molecular weight excluding hydrogens is 238 g/mol. The Morgan fingerprint density at radius 3 is 2.72 bits per heavy atom. The van der Waals surface area contributed by atoms with Gasteiger partial charge in [-0.3, -0.25) is 4.79 Å². The summed E-state index contributed by atoms with van der Waals surface area (Å²) in [4.78, 5) is 13.6. The van der Waals surface area contributed by atoms with Crippen molar-refractivity contribution in [2.75, 3.05) is 26.7 Å². The largest absolute Gasteiger partial charge is 0.338 e. The van der Waals surface area contributed by atoms with Crippen LogP contribution in [0.5, 0.6) is 0 Å². The molecule has 98 valence electrons. The molecule has 1 saturated heterocycles. The number of hydrogen-bond acceptors (Lipinski definition) is 2. The van der Waals surface area contributed by atoms with Crippen molar-refractivity contribution in [3.05, 3.63) is 35.4 Å². The molecule has 0 bridgehead atoms. The molecule has 0 radical (unpaired) electrons. The third kappa shape index (κ3) is 2.51. The predicted molar refractivity (Wildman–Crippen MR) is 64.3 cm³/mol. The van der Waals surface area contributed by atoms with Gasteiger partial charge in [-0.25, -0.2) is 8.78 Å². The van der Waals surface area contributed by atoms with Gasteiger partial charge < -0.3 is 10.2 Å². The molecule has 1 aromatic rings. The first-order valence-corrected chi connectivity index (χ1v) is 6.01. The number of benzene rings is 1. The third-order valence-corrected chi connectivity index (χ3v) is 3.24. The van der Waals surface area contributed by atoms with Gasteiger partial charge in [0, 0.05) is 13.1 Å². The maximum atomic E-state index is 13.5.